The fraction of sp³-hybridized carbons (Fsp3) is 0.600. The van der Waals surface area contributed by atoms with E-state index in [9.17, 15) is 4.39 Å². The van der Waals surface area contributed by atoms with Gasteiger partial charge < -0.3 is 9.64 Å². The van der Waals surface area contributed by atoms with Gasteiger partial charge in [-0.3, -0.25) is 4.90 Å². The molecule has 0 unspecified atom stereocenters. The first-order valence-electron chi connectivity index (χ1n) is 6.99. The Labute approximate surface area is 115 Å². The van der Waals surface area contributed by atoms with E-state index in [2.05, 4.69) is 9.80 Å². The Morgan fingerprint density at radius 1 is 1.21 bits per heavy atom. The molecule has 0 saturated carbocycles. The van der Waals surface area contributed by atoms with Crippen molar-refractivity contribution in [3.05, 3.63) is 29.6 Å². The predicted octanol–water partition coefficient (Wildman–Crippen LogP) is 2.16. The van der Waals surface area contributed by atoms with E-state index in [0.29, 0.717) is 0 Å². The molecule has 1 heterocycles. The lowest BCUT2D eigenvalue weighted by Gasteiger charge is -2.36. The van der Waals surface area contributed by atoms with E-state index in [-0.39, 0.29) is 5.82 Å². The zero-order valence-electron chi connectivity index (χ0n) is 11.9. The van der Waals surface area contributed by atoms with Crippen LogP contribution < -0.4 is 4.90 Å². The van der Waals surface area contributed by atoms with Gasteiger partial charge in [0.05, 0.1) is 12.3 Å². The van der Waals surface area contributed by atoms with Crippen molar-refractivity contribution in [2.24, 2.45) is 0 Å². The van der Waals surface area contributed by atoms with Crippen LogP contribution in [0.15, 0.2) is 18.2 Å². The lowest BCUT2D eigenvalue weighted by atomic mass is 10.1. The lowest BCUT2D eigenvalue weighted by Crippen LogP contribution is -2.47. The maximum absolute atomic E-state index is 14.0. The molecule has 0 atom stereocenters. The summed E-state index contributed by atoms with van der Waals surface area (Å²) in [6.45, 7) is 7.47. The van der Waals surface area contributed by atoms with Gasteiger partial charge in [0.25, 0.3) is 0 Å². The summed E-state index contributed by atoms with van der Waals surface area (Å²) < 4.78 is 19.1. The molecule has 1 fully saturated rings. The number of rotatable bonds is 5. The second kappa shape index (κ2) is 6.87. The first kappa shape index (κ1) is 14.3. The van der Waals surface area contributed by atoms with Crippen LogP contribution >= 0.6 is 0 Å². The van der Waals surface area contributed by atoms with Crippen LogP contribution in [0.1, 0.15) is 12.5 Å². The van der Waals surface area contributed by atoms with Gasteiger partial charge in [0.15, 0.2) is 0 Å². The van der Waals surface area contributed by atoms with Crippen LogP contribution in [0.25, 0.3) is 0 Å². The first-order valence-corrected chi connectivity index (χ1v) is 6.99. The normalized spacial score (nSPS) is 16.9. The van der Waals surface area contributed by atoms with Crippen LogP contribution in [0, 0.1) is 5.82 Å². The Morgan fingerprint density at radius 3 is 2.53 bits per heavy atom. The van der Waals surface area contributed by atoms with Gasteiger partial charge >= 0.3 is 0 Å². The second-order valence-corrected chi connectivity index (χ2v) is 4.96. The van der Waals surface area contributed by atoms with Crippen molar-refractivity contribution in [1.82, 2.24) is 4.90 Å². The zero-order chi connectivity index (χ0) is 13.7. The number of hydrogen-bond donors (Lipinski definition) is 0. The molecule has 19 heavy (non-hydrogen) atoms. The van der Waals surface area contributed by atoms with Crippen LogP contribution in [0.2, 0.25) is 0 Å². The molecule has 0 bridgehead atoms. The van der Waals surface area contributed by atoms with Crippen molar-refractivity contribution < 1.29 is 9.13 Å². The molecular weight excluding hydrogens is 243 g/mol. The molecule has 1 saturated heterocycles. The van der Waals surface area contributed by atoms with Crippen molar-refractivity contribution in [3.8, 4) is 0 Å². The number of piperazine rings is 1. The molecule has 1 aliphatic heterocycles. The Hall–Kier alpha value is -1.13. The maximum atomic E-state index is 14.0. The SMILES string of the molecule is CCc1ccc(N2CCN(CCOC)CC2)c(F)c1. The molecule has 1 aromatic rings. The van der Waals surface area contributed by atoms with E-state index in [1.54, 1.807) is 13.2 Å². The van der Waals surface area contributed by atoms with E-state index in [1.165, 1.54) is 0 Å². The Bertz CT molecular complexity index is 403. The molecule has 4 heteroatoms. The van der Waals surface area contributed by atoms with Gasteiger partial charge in [0, 0.05) is 39.8 Å². The molecule has 0 aromatic heterocycles. The molecule has 0 spiro atoms. The van der Waals surface area contributed by atoms with Gasteiger partial charge in [-0.05, 0) is 24.1 Å². The van der Waals surface area contributed by atoms with Gasteiger partial charge in [-0.25, -0.2) is 4.39 Å². The number of methoxy groups -OCH3 is 1. The first-order chi connectivity index (χ1) is 9.24. The fourth-order valence-corrected chi connectivity index (χ4v) is 2.46. The Kier molecular flexibility index (Phi) is 5.16. The van der Waals surface area contributed by atoms with Crippen molar-refractivity contribution >= 4 is 5.69 Å². The minimum atomic E-state index is -0.0929. The summed E-state index contributed by atoms with van der Waals surface area (Å²) in [6, 6.07) is 5.60. The second-order valence-electron chi connectivity index (χ2n) is 4.96. The average Bonchev–Trinajstić information content (AvgIpc) is 2.45. The van der Waals surface area contributed by atoms with Crippen molar-refractivity contribution in [3.63, 3.8) is 0 Å². The molecule has 0 N–H and O–H groups in total. The molecule has 2 rings (SSSR count). The zero-order valence-corrected chi connectivity index (χ0v) is 11.9. The number of benzene rings is 1. The van der Waals surface area contributed by atoms with Gasteiger partial charge in [-0.1, -0.05) is 13.0 Å². The van der Waals surface area contributed by atoms with Crippen LogP contribution in [0.3, 0.4) is 0 Å². The van der Waals surface area contributed by atoms with Crippen LogP contribution in [-0.2, 0) is 11.2 Å². The molecule has 106 valence electrons. The van der Waals surface area contributed by atoms with Gasteiger partial charge in [0.2, 0.25) is 0 Å². The number of halogens is 1. The van der Waals surface area contributed by atoms with E-state index < -0.39 is 0 Å². The summed E-state index contributed by atoms with van der Waals surface area (Å²) in [6.07, 6.45) is 0.877. The third-order valence-electron chi connectivity index (χ3n) is 3.74. The predicted molar refractivity (Wildman–Crippen MR) is 76.3 cm³/mol. The van der Waals surface area contributed by atoms with Crippen LogP contribution in [0.5, 0.6) is 0 Å². The van der Waals surface area contributed by atoms with Crippen molar-refractivity contribution in [2.45, 2.75) is 13.3 Å². The number of anilines is 1. The van der Waals surface area contributed by atoms with E-state index in [1.807, 2.05) is 19.1 Å². The quantitative estimate of drug-likeness (QED) is 0.812. The molecular formula is C15H23FN2O. The highest BCUT2D eigenvalue weighted by Crippen LogP contribution is 2.22. The monoisotopic (exact) mass is 266 g/mol. The third-order valence-corrected chi connectivity index (χ3v) is 3.74. The van der Waals surface area contributed by atoms with Crippen molar-refractivity contribution in [2.75, 3.05) is 51.3 Å². The molecule has 0 amide bonds. The summed E-state index contributed by atoms with van der Waals surface area (Å²) in [7, 11) is 1.72. The fourth-order valence-electron chi connectivity index (χ4n) is 2.46. The molecule has 1 aromatic carbocycles. The third kappa shape index (κ3) is 3.67. The van der Waals surface area contributed by atoms with Crippen LogP contribution in [-0.4, -0.2) is 51.3 Å². The number of aryl methyl sites for hydroxylation is 1. The summed E-state index contributed by atoms with van der Waals surface area (Å²) in [5.41, 5.74) is 1.79. The summed E-state index contributed by atoms with van der Waals surface area (Å²) in [4.78, 5) is 4.50. The van der Waals surface area contributed by atoms with Gasteiger partial charge in [-0.2, -0.15) is 0 Å². The molecule has 1 aliphatic rings. The smallest absolute Gasteiger partial charge is 0.146 e. The van der Waals surface area contributed by atoms with Crippen LogP contribution in [0.4, 0.5) is 10.1 Å². The number of ether oxygens (including phenoxy) is 1. The lowest BCUT2D eigenvalue weighted by molar-refractivity contribution is 0.144. The molecule has 3 nitrogen and oxygen atoms in total. The number of nitrogens with zero attached hydrogens (tertiary/aromatic N) is 2. The average molecular weight is 266 g/mol. The minimum absolute atomic E-state index is 0.0929. The Morgan fingerprint density at radius 2 is 1.95 bits per heavy atom. The number of hydrogen-bond acceptors (Lipinski definition) is 3. The highest BCUT2D eigenvalue weighted by molar-refractivity contribution is 5.49. The van der Waals surface area contributed by atoms with Crippen molar-refractivity contribution in [1.29, 1.82) is 0 Å². The van der Waals surface area contributed by atoms with Gasteiger partial charge in [-0.15, -0.1) is 0 Å². The summed E-state index contributed by atoms with van der Waals surface area (Å²) >= 11 is 0. The van der Waals surface area contributed by atoms with E-state index in [0.717, 1.165) is 57.0 Å². The van der Waals surface area contributed by atoms with E-state index in [4.69, 9.17) is 4.74 Å². The maximum Gasteiger partial charge on any atom is 0.146 e. The summed E-state index contributed by atoms with van der Waals surface area (Å²) in [5.74, 6) is -0.0929. The molecule has 0 aliphatic carbocycles. The summed E-state index contributed by atoms with van der Waals surface area (Å²) in [5, 5.41) is 0. The highest BCUT2D eigenvalue weighted by atomic mass is 19.1. The molecule has 0 radical (unpaired) electrons. The van der Waals surface area contributed by atoms with Gasteiger partial charge in [0.1, 0.15) is 5.82 Å². The highest BCUT2D eigenvalue weighted by Gasteiger charge is 2.19. The minimum Gasteiger partial charge on any atom is -0.383 e. The largest absolute Gasteiger partial charge is 0.383 e. The topological polar surface area (TPSA) is 15.7 Å². The van der Waals surface area contributed by atoms with E-state index >= 15 is 0 Å². The standard InChI is InChI=1S/C15H23FN2O/c1-3-13-4-5-15(14(16)12-13)18-8-6-17(7-9-18)10-11-19-2/h4-5,12H,3,6-11H2,1-2H3. The Balaban J connectivity index is 1.94.